The van der Waals surface area contributed by atoms with Gasteiger partial charge < -0.3 is 0 Å². The lowest BCUT2D eigenvalue weighted by molar-refractivity contribution is 0.164. The SMILES string of the molecule is CCN1C2CCCCC2CCS1(=O)=O. The second-order valence-electron chi connectivity index (χ2n) is 4.42. The lowest BCUT2D eigenvalue weighted by Gasteiger charge is -2.42. The van der Waals surface area contributed by atoms with Gasteiger partial charge in [-0.3, -0.25) is 0 Å². The molecule has 0 aromatic heterocycles. The first kappa shape index (κ1) is 10.4. The number of fused-ring (bicyclic) bond motifs is 1. The molecule has 0 amide bonds. The molecule has 1 heterocycles. The molecule has 0 N–H and O–H groups in total. The van der Waals surface area contributed by atoms with Crippen LogP contribution in [0.15, 0.2) is 0 Å². The van der Waals surface area contributed by atoms with Crippen molar-refractivity contribution in [2.75, 3.05) is 12.3 Å². The van der Waals surface area contributed by atoms with E-state index in [1.807, 2.05) is 6.92 Å². The Balaban J connectivity index is 2.21. The molecule has 1 saturated heterocycles. The lowest BCUT2D eigenvalue weighted by Crippen LogP contribution is -2.51. The molecule has 4 heteroatoms. The van der Waals surface area contributed by atoms with E-state index in [2.05, 4.69) is 0 Å². The number of hydrogen-bond donors (Lipinski definition) is 0. The maximum absolute atomic E-state index is 11.8. The van der Waals surface area contributed by atoms with Crippen molar-refractivity contribution in [2.45, 2.75) is 45.1 Å². The molecule has 2 rings (SSSR count). The van der Waals surface area contributed by atoms with Crippen molar-refractivity contribution in [3.63, 3.8) is 0 Å². The van der Waals surface area contributed by atoms with Crippen LogP contribution in [0.2, 0.25) is 0 Å². The fourth-order valence-corrected chi connectivity index (χ4v) is 4.88. The zero-order chi connectivity index (χ0) is 10.2. The Morgan fingerprint density at radius 1 is 1.21 bits per heavy atom. The first-order valence-corrected chi connectivity index (χ1v) is 7.25. The van der Waals surface area contributed by atoms with E-state index in [1.165, 1.54) is 19.3 Å². The highest BCUT2D eigenvalue weighted by Crippen LogP contribution is 2.36. The Morgan fingerprint density at radius 3 is 2.64 bits per heavy atom. The third kappa shape index (κ3) is 1.70. The maximum Gasteiger partial charge on any atom is 0.214 e. The summed E-state index contributed by atoms with van der Waals surface area (Å²) < 4.78 is 25.3. The minimum atomic E-state index is -2.91. The highest BCUT2D eigenvalue weighted by molar-refractivity contribution is 7.89. The average Bonchev–Trinajstić information content (AvgIpc) is 2.17. The zero-order valence-electron chi connectivity index (χ0n) is 8.78. The summed E-state index contributed by atoms with van der Waals surface area (Å²) in [5.74, 6) is 1.02. The summed E-state index contributed by atoms with van der Waals surface area (Å²) >= 11 is 0. The fraction of sp³-hybridized carbons (Fsp3) is 1.00. The highest BCUT2D eigenvalue weighted by atomic mass is 32.2. The smallest absolute Gasteiger partial charge is 0.212 e. The maximum atomic E-state index is 11.8. The summed E-state index contributed by atoms with van der Waals surface area (Å²) in [4.78, 5) is 0. The zero-order valence-corrected chi connectivity index (χ0v) is 9.59. The molecule has 0 aromatic carbocycles. The van der Waals surface area contributed by atoms with Gasteiger partial charge in [-0.05, 0) is 25.2 Å². The monoisotopic (exact) mass is 217 g/mol. The number of sulfonamides is 1. The van der Waals surface area contributed by atoms with E-state index in [0.717, 1.165) is 12.8 Å². The minimum Gasteiger partial charge on any atom is -0.212 e. The third-order valence-corrected chi connectivity index (χ3v) is 5.65. The van der Waals surface area contributed by atoms with Gasteiger partial charge in [-0.25, -0.2) is 8.42 Å². The van der Waals surface area contributed by atoms with Crippen molar-refractivity contribution < 1.29 is 8.42 Å². The molecule has 1 aliphatic heterocycles. The molecule has 2 fully saturated rings. The Labute approximate surface area is 86.5 Å². The fourth-order valence-electron chi connectivity index (χ4n) is 2.96. The van der Waals surface area contributed by atoms with E-state index in [1.54, 1.807) is 4.31 Å². The topological polar surface area (TPSA) is 37.4 Å². The standard InChI is InChI=1S/C10H19NO2S/c1-2-11-10-6-4-3-5-9(10)7-8-14(11,12)13/h9-10H,2-8H2,1H3. The van der Waals surface area contributed by atoms with Gasteiger partial charge in [-0.2, -0.15) is 4.31 Å². The van der Waals surface area contributed by atoms with E-state index in [-0.39, 0.29) is 0 Å². The van der Waals surface area contributed by atoms with Crippen LogP contribution >= 0.6 is 0 Å². The Bertz CT molecular complexity index is 299. The van der Waals surface area contributed by atoms with Gasteiger partial charge in [-0.15, -0.1) is 0 Å². The summed E-state index contributed by atoms with van der Waals surface area (Å²) in [6.07, 6.45) is 5.70. The summed E-state index contributed by atoms with van der Waals surface area (Å²) in [6, 6.07) is 0.326. The molecule has 0 aromatic rings. The molecule has 3 nitrogen and oxygen atoms in total. The van der Waals surface area contributed by atoms with Crippen LogP contribution in [-0.4, -0.2) is 31.1 Å². The quantitative estimate of drug-likeness (QED) is 0.669. The number of hydrogen-bond acceptors (Lipinski definition) is 2. The predicted octanol–water partition coefficient (Wildman–Crippen LogP) is 1.60. The van der Waals surface area contributed by atoms with Crippen LogP contribution in [-0.2, 0) is 10.0 Å². The van der Waals surface area contributed by atoms with Crippen molar-refractivity contribution >= 4 is 10.0 Å². The van der Waals surface area contributed by atoms with Crippen LogP contribution in [0.25, 0.3) is 0 Å². The molecular weight excluding hydrogens is 198 g/mol. The Morgan fingerprint density at radius 2 is 1.93 bits per heavy atom. The van der Waals surface area contributed by atoms with E-state index < -0.39 is 10.0 Å². The summed E-state index contributed by atoms with van der Waals surface area (Å²) in [6.45, 7) is 2.61. The van der Waals surface area contributed by atoms with Gasteiger partial charge in [0.15, 0.2) is 0 Å². The number of nitrogens with zero attached hydrogens (tertiary/aromatic N) is 1. The third-order valence-electron chi connectivity index (χ3n) is 3.65. The van der Waals surface area contributed by atoms with Gasteiger partial charge in [0.05, 0.1) is 5.75 Å². The molecule has 2 aliphatic rings. The van der Waals surface area contributed by atoms with Crippen molar-refractivity contribution in [1.29, 1.82) is 0 Å². The molecule has 2 atom stereocenters. The van der Waals surface area contributed by atoms with Crippen LogP contribution in [0, 0.1) is 5.92 Å². The molecular formula is C10H19NO2S. The second-order valence-corrected chi connectivity index (χ2v) is 6.46. The predicted molar refractivity (Wildman–Crippen MR) is 56.5 cm³/mol. The van der Waals surface area contributed by atoms with E-state index in [0.29, 0.717) is 24.3 Å². The van der Waals surface area contributed by atoms with Gasteiger partial charge >= 0.3 is 0 Å². The van der Waals surface area contributed by atoms with E-state index in [9.17, 15) is 8.42 Å². The molecule has 14 heavy (non-hydrogen) atoms. The van der Waals surface area contributed by atoms with E-state index >= 15 is 0 Å². The van der Waals surface area contributed by atoms with Gasteiger partial charge in [0.2, 0.25) is 10.0 Å². The highest BCUT2D eigenvalue weighted by Gasteiger charge is 2.40. The van der Waals surface area contributed by atoms with Gasteiger partial charge in [-0.1, -0.05) is 19.8 Å². The summed E-state index contributed by atoms with van der Waals surface area (Å²) in [7, 11) is -2.91. The van der Waals surface area contributed by atoms with Crippen LogP contribution in [0.5, 0.6) is 0 Å². The van der Waals surface area contributed by atoms with Gasteiger partial charge in [0, 0.05) is 12.6 Å². The van der Waals surface area contributed by atoms with Crippen LogP contribution in [0.1, 0.15) is 39.0 Å². The lowest BCUT2D eigenvalue weighted by atomic mass is 9.82. The molecule has 0 bridgehead atoms. The van der Waals surface area contributed by atoms with Crippen molar-refractivity contribution in [3.8, 4) is 0 Å². The first-order valence-electron chi connectivity index (χ1n) is 5.64. The van der Waals surface area contributed by atoms with Crippen molar-refractivity contribution in [1.82, 2.24) is 4.31 Å². The summed E-state index contributed by atoms with van der Waals surface area (Å²) in [5.41, 5.74) is 0. The van der Waals surface area contributed by atoms with E-state index in [4.69, 9.17) is 0 Å². The van der Waals surface area contributed by atoms with Crippen LogP contribution in [0.4, 0.5) is 0 Å². The van der Waals surface area contributed by atoms with Crippen LogP contribution in [0.3, 0.4) is 0 Å². The minimum absolute atomic E-state index is 0.326. The van der Waals surface area contributed by atoms with Crippen LogP contribution < -0.4 is 0 Å². The first-order chi connectivity index (χ1) is 6.65. The Hall–Kier alpha value is -0.0900. The molecule has 0 spiro atoms. The number of rotatable bonds is 1. The van der Waals surface area contributed by atoms with Gasteiger partial charge in [0.25, 0.3) is 0 Å². The molecule has 1 aliphatic carbocycles. The normalized spacial score (nSPS) is 37.8. The molecule has 82 valence electrons. The molecule has 0 radical (unpaired) electrons. The summed E-state index contributed by atoms with van der Waals surface area (Å²) in [5, 5.41) is 0. The molecule has 1 saturated carbocycles. The second kappa shape index (κ2) is 3.81. The van der Waals surface area contributed by atoms with Gasteiger partial charge in [0.1, 0.15) is 0 Å². The molecule has 2 unspecified atom stereocenters. The van der Waals surface area contributed by atoms with Crippen molar-refractivity contribution in [3.05, 3.63) is 0 Å². The average molecular weight is 217 g/mol. The Kier molecular flexibility index (Phi) is 2.84. The largest absolute Gasteiger partial charge is 0.214 e. The van der Waals surface area contributed by atoms with Crippen molar-refractivity contribution in [2.24, 2.45) is 5.92 Å².